The molecule has 0 radical (unpaired) electrons. The molecule has 0 aliphatic rings. The fourth-order valence-corrected chi connectivity index (χ4v) is 4.47. The Labute approximate surface area is 236 Å². The lowest BCUT2D eigenvalue weighted by atomic mass is 10.1. The zero-order chi connectivity index (χ0) is 29.2. The Morgan fingerprint density at radius 3 is 2.83 bits per heavy atom. The van der Waals surface area contributed by atoms with Gasteiger partial charge in [0.15, 0.2) is 5.78 Å². The van der Waals surface area contributed by atoms with Crippen LogP contribution in [0.25, 0.3) is 16.6 Å². The summed E-state index contributed by atoms with van der Waals surface area (Å²) in [5.74, 6) is 0.448. The van der Waals surface area contributed by atoms with Gasteiger partial charge in [0, 0.05) is 16.6 Å². The summed E-state index contributed by atoms with van der Waals surface area (Å²) in [6, 6.07) is 5.75. The largest absolute Gasteiger partial charge is 0.593 e. The number of H-pyrrole nitrogens is 1. The number of aryl methyl sites for hydroxylation is 1. The van der Waals surface area contributed by atoms with Crippen molar-refractivity contribution < 1.29 is 18.5 Å². The van der Waals surface area contributed by atoms with Gasteiger partial charge in [0.05, 0.1) is 40.9 Å². The summed E-state index contributed by atoms with van der Waals surface area (Å²) < 4.78 is 33.7. The van der Waals surface area contributed by atoms with Gasteiger partial charge in [-0.3, -0.25) is 4.79 Å². The summed E-state index contributed by atoms with van der Waals surface area (Å²) in [6.45, 7) is 11.1. The van der Waals surface area contributed by atoms with Gasteiger partial charge in [0.25, 0.3) is 0 Å². The molecule has 2 aromatic heterocycles. The summed E-state index contributed by atoms with van der Waals surface area (Å²) in [6.07, 6.45) is 14.6. The van der Waals surface area contributed by atoms with Crippen molar-refractivity contribution in [2.75, 3.05) is 30.0 Å². The highest BCUT2D eigenvalue weighted by Gasteiger charge is 2.19. The third-order valence-electron chi connectivity index (χ3n) is 5.92. The zero-order valence-corrected chi connectivity index (χ0v) is 23.7. The van der Waals surface area contributed by atoms with Crippen LogP contribution in [0.4, 0.5) is 15.9 Å². The van der Waals surface area contributed by atoms with Gasteiger partial charge in [-0.2, -0.15) is 5.10 Å². The summed E-state index contributed by atoms with van der Waals surface area (Å²) in [7, 11) is 0. The Hall–Kier alpha value is -4.28. The number of alkyl halides is 1. The van der Waals surface area contributed by atoms with Crippen molar-refractivity contribution in [3.63, 3.8) is 0 Å². The minimum absolute atomic E-state index is 0.103. The summed E-state index contributed by atoms with van der Waals surface area (Å²) in [5, 5.41) is 5.27. The van der Waals surface area contributed by atoms with Gasteiger partial charge in [-0.1, -0.05) is 37.5 Å². The molecule has 3 aromatic rings. The second kappa shape index (κ2) is 14.2. The molecule has 0 aliphatic heterocycles. The predicted molar refractivity (Wildman–Crippen MR) is 163 cm³/mol. The van der Waals surface area contributed by atoms with Gasteiger partial charge < -0.3 is 20.0 Å². The molecular formula is C30H34FN5O3S. The first-order chi connectivity index (χ1) is 19.1. The van der Waals surface area contributed by atoms with Crippen LogP contribution >= 0.6 is 0 Å². The number of fused-ring (bicyclic) bond motifs is 1. The lowest BCUT2D eigenvalue weighted by Crippen LogP contribution is -2.10. The number of hydrogen-bond donors (Lipinski definition) is 3. The Kier molecular flexibility index (Phi) is 10.7. The van der Waals surface area contributed by atoms with Gasteiger partial charge in [-0.15, -0.1) is 0 Å². The molecule has 40 heavy (non-hydrogen) atoms. The van der Waals surface area contributed by atoms with Crippen molar-refractivity contribution in [2.45, 2.75) is 20.3 Å². The van der Waals surface area contributed by atoms with E-state index in [1.807, 2.05) is 38.1 Å². The summed E-state index contributed by atoms with van der Waals surface area (Å²) in [4.78, 5) is 16.5. The number of hydrogen-bond acceptors (Lipinski definition) is 6. The third kappa shape index (κ3) is 7.87. The molecule has 3 rings (SSSR count). The van der Waals surface area contributed by atoms with E-state index in [1.54, 1.807) is 36.6 Å². The molecule has 210 valence electrons. The number of ether oxygens (including phenoxy) is 1. The molecule has 8 nitrogen and oxygen atoms in total. The first-order valence-electron chi connectivity index (χ1n) is 12.4. The Balaban J connectivity index is 1.75. The monoisotopic (exact) mass is 563 g/mol. The van der Waals surface area contributed by atoms with Crippen LogP contribution in [0.2, 0.25) is 0 Å². The molecular weight excluding hydrogens is 529 g/mol. The number of nitrogens with one attached hydrogen (secondary N) is 2. The van der Waals surface area contributed by atoms with E-state index in [2.05, 4.69) is 28.0 Å². The van der Waals surface area contributed by atoms with Crippen LogP contribution in [0.15, 0.2) is 91.4 Å². The van der Waals surface area contributed by atoms with Crippen LogP contribution in [-0.4, -0.2) is 44.6 Å². The molecule has 1 atom stereocenters. The number of aromatic nitrogens is 3. The van der Waals surface area contributed by atoms with Gasteiger partial charge >= 0.3 is 0 Å². The minimum Gasteiger partial charge on any atom is -0.593 e. The third-order valence-corrected chi connectivity index (χ3v) is 6.42. The maximum atomic E-state index is 13.2. The number of nitrogen functional groups attached to an aromatic ring is 1. The Bertz CT molecular complexity index is 1510. The second-order valence-electron chi connectivity index (χ2n) is 8.95. The highest BCUT2D eigenvalue weighted by molar-refractivity contribution is 7.92. The molecule has 0 bridgehead atoms. The number of allylic oxidation sites excluding steroid dienone is 8. The molecule has 0 spiro atoms. The van der Waals surface area contributed by atoms with Crippen molar-refractivity contribution >= 4 is 45.3 Å². The van der Waals surface area contributed by atoms with Gasteiger partial charge in [-0.25, -0.2) is 13.8 Å². The fourth-order valence-electron chi connectivity index (χ4n) is 3.94. The van der Waals surface area contributed by atoms with Crippen LogP contribution in [0.1, 0.15) is 28.5 Å². The van der Waals surface area contributed by atoms with Gasteiger partial charge in [0.2, 0.25) is 0 Å². The zero-order valence-electron chi connectivity index (χ0n) is 22.9. The number of carbonyl (C=O) groups is 1. The van der Waals surface area contributed by atoms with Crippen molar-refractivity contribution in [3.8, 4) is 0 Å². The van der Waals surface area contributed by atoms with Gasteiger partial charge in [-0.05, 0) is 61.4 Å². The van der Waals surface area contributed by atoms with Crippen molar-refractivity contribution in [3.05, 3.63) is 108 Å². The number of nitrogens with two attached hydrogens (primary N) is 1. The number of halogens is 1. The van der Waals surface area contributed by atoms with Crippen LogP contribution in [0, 0.1) is 6.92 Å². The second-order valence-corrected chi connectivity index (χ2v) is 10.1. The summed E-state index contributed by atoms with van der Waals surface area (Å²) in [5.41, 5.74) is 11.4. The van der Waals surface area contributed by atoms with Crippen molar-refractivity contribution in [2.24, 2.45) is 0 Å². The number of rotatable bonds is 14. The molecule has 0 saturated carbocycles. The minimum atomic E-state index is -1.19. The number of ketones is 1. The SMILES string of the molecule is C=C/C=C(\C(C)=C/COC(=C)/C=C\C=C/CF)n1ncc(C(=O)Cc2cc3cc(N[S+](C)[O-])c(C)cc3[nH]2)c1N. The normalized spacial score (nSPS) is 13.3. The average Bonchev–Trinajstić information content (AvgIpc) is 3.47. The molecule has 0 aliphatic carbocycles. The molecule has 4 N–H and O–H groups in total. The van der Waals surface area contributed by atoms with Crippen molar-refractivity contribution in [1.29, 1.82) is 0 Å². The maximum absolute atomic E-state index is 13.2. The number of benzene rings is 1. The number of anilines is 2. The van der Waals surface area contributed by atoms with E-state index in [0.29, 0.717) is 17.0 Å². The van der Waals surface area contributed by atoms with Crippen LogP contribution in [0.5, 0.6) is 0 Å². The highest BCUT2D eigenvalue weighted by atomic mass is 32.2. The average molecular weight is 564 g/mol. The van der Waals surface area contributed by atoms with E-state index in [4.69, 9.17) is 10.5 Å². The maximum Gasteiger partial charge on any atom is 0.174 e. The number of nitrogens with zero attached hydrogens (tertiary/aromatic N) is 2. The number of carbonyl (C=O) groups excluding carboxylic acids is 1. The predicted octanol–water partition coefficient (Wildman–Crippen LogP) is 5.97. The smallest absolute Gasteiger partial charge is 0.174 e. The van der Waals surface area contributed by atoms with Gasteiger partial charge in [0.1, 0.15) is 31.1 Å². The summed E-state index contributed by atoms with van der Waals surface area (Å²) >= 11 is -1.19. The quantitative estimate of drug-likeness (QED) is 0.0962. The lowest BCUT2D eigenvalue weighted by molar-refractivity contribution is 0.0993. The first-order valence-corrected chi connectivity index (χ1v) is 14.0. The Morgan fingerprint density at radius 1 is 1.35 bits per heavy atom. The number of Topliss-reactive ketones (excluding diaryl/α,β-unsaturated/α-hetero) is 1. The first kappa shape index (κ1) is 30.3. The molecule has 0 amide bonds. The van der Waals surface area contributed by atoms with E-state index in [0.717, 1.165) is 33.4 Å². The lowest BCUT2D eigenvalue weighted by Gasteiger charge is -2.11. The van der Waals surface area contributed by atoms with E-state index in [-0.39, 0.29) is 24.6 Å². The Morgan fingerprint density at radius 2 is 2.12 bits per heavy atom. The van der Waals surface area contributed by atoms with Crippen LogP contribution in [-0.2, 0) is 22.5 Å². The van der Waals surface area contributed by atoms with Crippen LogP contribution < -0.4 is 10.5 Å². The van der Waals surface area contributed by atoms with E-state index in [9.17, 15) is 13.7 Å². The topological polar surface area (TPSA) is 121 Å². The molecule has 10 heteroatoms. The molecule has 1 aromatic carbocycles. The van der Waals surface area contributed by atoms with E-state index in [1.165, 1.54) is 17.0 Å². The molecule has 2 heterocycles. The van der Waals surface area contributed by atoms with Crippen molar-refractivity contribution in [1.82, 2.24) is 14.8 Å². The fraction of sp³-hybridized carbons (Fsp3) is 0.200. The highest BCUT2D eigenvalue weighted by Crippen LogP contribution is 2.27. The molecule has 1 unspecified atom stereocenters. The standard InChI is InChI=1S/C30H34FN5O3S/c1-6-10-28(20(2)12-14-39-22(4)11-8-7-9-13-31)36-30(32)25(19-33-36)29(37)18-24-16-23-17-26(35-40(5)38)21(3)15-27(23)34-24/h6-12,15-17,19,34-35H,1,4,13-14,18,32H2,2-3,5H3/b9-7-,11-8-,20-12-,28-10+. The molecule has 0 fully saturated rings. The van der Waals surface area contributed by atoms with E-state index >= 15 is 0 Å². The molecule has 0 saturated heterocycles. The van der Waals surface area contributed by atoms with Crippen LogP contribution in [0.3, 0.4) is 0 Å². The van der Waals surface area contributed by atoms with E-state index < -0.39 is 18.0 Å². The number of aromatic amines is 1.